The second-order valence-corrected chi connectivity index (χ2v) is 6.55. The van der Waals surface area contributed by atoms with Gasteiger partial charge in [-0.2, -0.15) is 0 Å². The van der Waals surface area contributed by atoms with Crippen molar-refractivity contribution in [2.75, 3.05) is 19.6 Å². The third kappa shape index (κ3) is 4.94. The molecule has 1 rings (SSSR count). The number of nitrogens with two attached hydrogens (primary N) is 1. The molecule has 1 aliphatic rings. The largest absolute Gasteiger partial charge is 0.354 e. The maximum absolute atomic E-state index is 11.8. The second kappa shape index (κ2) is 6.53. The van der Waals surface area contributed by atoms with Crippen LogP contribution in [0, 0.1) is 5.41 Å². The average Bonchev–Trinajstić information content (AvgIpc) is 2.23. The second-order valence-electron chi connectivity index (χ2n) is 6.55. The number of nitrogens with one attached hydrogen (secondary N) is 1. The lowest BCUT2D eigenvalue weighted by Crippen LogP contribution is -2.50. The van der Waals surface area contributed by atoms with Crippen LogP contribution in [0.3, 0.4) is 0 Å². The normalized spacial score (nSPS) is 21.9. The van der Waals surface area contributed by atoms with E-state index < -0.39 is 0 Å². The van der Waals surface area contributed by atoms with Crippen molar-refractivity contribution in [2.45, 2.75) is 59.0 Å². The first kappa shape index (κ1) is 15.4. The number of hydrogen-bond acceptors (Lipinski definition) is 3. The van der Waals surface area contributed by atoms with Crippen LogP contribution in [0.4, 0.5) is 0 Å². The number of amides is 1. The van der Waals surface area contributed by atoms with Crippen molar-refractivity contribution in [3.05, 3.63) is 0 Å². The van der Waals surface area contributed by atoms with Gasteiger partial charge in [0.2, 0.25) is 5.91 Å². The van der Waals surface area contributed by atoms with Crippen LogP contribution in [-0.2, 0) is 4.79 Å². The van der Waals surface area contributed by atoms with Gasteiger partial charge in [0.1, 0.15) is 0 Å². The molecular weight excluding hydrogens is 226 g/mol. The number of piperidine rings is 1. The van der Waals surface area contributed by atoms with Crippen LogP contribution >= 0.6 is 0 Å². The highest BCUT2D eigenvalue weighted by molar-refractivity contribution is 5.76. The Morgan fingerprint density at radius 2 is 2.11 bits per heavy atom. The van der Waals surface area contributed by atoms with Crippen molar-refractivity contribution in [2.24, 2.45) is 11.1 Å². The first-order valence-electron chi connectivity index (χ1n) is 7.07. The number of rotatable bonds is 5. The lowest BCUT2D eigenvalue weighted by molar-refractivity contribution is -0.123. The fraction of sp³-hybridized carbons (Fsp3) is 0.929. The van der Waals surface area contributed by atoms with Gasteiger partial charge in [-0.15, -0.1) is 0 Å². The summed E-state index contributed by atoms with van der Waals surface area (Å²) in [6, 6.07) is 0.386. The van der Waals surface area contributed by atoms with Gasteiger partial charge < -0.3 is 11.1 Å². The van der Waals surface area contributed by atoms with Crippen molar-refractivity contribution in [3.8, 4) is 0 Å². The van der Waals surface area contributed by atoms with E-state index in [4.69, 9.17) is 5.73 Å². The molecule has 1 fully saturated rings. The van der Waals surface area contributed by atoms with E-state index in [0.29, 0.717) is 18.4 Å². The van der Waals surface area contributed by atoms with Gasteiger partial charge in [-0.3, -0.25) is 9.69 Å². The van der Waals surface area contributed by atoms with Crippen LogP contribution in [0.2, 0.25) is 0 Å². The van der Waals surface area contributed by atoms with Crippen LogP contribution in [0.15, 0.2) is 0 Å². The minimum absolute atomic E-state index is 0.115. The third-order valence-corrected chi connectivity index (χ3v) is 3.59. The van der Waals surface area contributed by atoms with Crippen LogP contribution < -0.4 is 11.1 Å². The van der Waals surface area contributed by atoms with E-state index in [-0.39, 0.29) is 18.0 Å². The summed E-state index contributed by atoms with van der Waals surface area (Å²) in [4.78, 5) is 14.2. The first-order valence-corrected chi connectivity index (χ1v) is 7.07. The van der Waals surface area contributed by atoms with E-state index in [9.17, 15) is 4.79 Å². The molecule has 18 heavy (non-hydrogen) atoms. The van der Waals surface area contributed by atoms with Gasteiger partial charge in [0, 0.05) is 31.6 Å². The zero-order valence-corrected chi connectivity index (χ0v) is 12.3. The molecule has 3 N–H and O–H groups in total. The molecule has 1 amide bonds. The van der Waals surface area contributed by atoms with Crippen LogP contribution in [-0.4, -0.2) is 42.5 Å². The summed E-state index contributed by atoms with van der Waals surface area (Å²) in [6.45, 7) is 11.2. The van der Waals surface area contributed by atoms with E-state index in [1.165, 1.54) is 12.8 Å². The Morgan fingerprint density at radius 1 is 1.44 bits per heavy atom. The predicted octanol–water partition coefficient (Wildman–Crippen LogP) is 1.35. The molecule has 1 atom stereocenters. The minimum Gasteiger partial charge on any atom is -0.354 e. The van der Waals surface area contributed by atoms with Crippen LogP contribution in [0.5, 0.6) is 0 Å². The van der Waals surface area contributed by atoms with Gasteiger partial charge in [0.15, 0.2) is 0 Å². The molecule has 1 aliphatic heterocycles. The molecule has 0 aromatic carbocycles. The third-order valence-electron chi connectivity index (χ3n) is 3.59. The molecule has 4 heteroatoms. The first-order chi connectivity index (χ1) is 8.34. The van der Waals surface area contributed by atoms with Gasteiger partial charge in [0.25, 0.3) is 0 Å². The molecule has 4 nitrogen and oxygen atoms in total. The number of likely N-dealkylation sites (tertiary alicyclic amines) is 1. The minimum atomic E-state index is 0.115. The molecule has 1 heterocycles. The SMILES string of the molecule is CC(C)NC(=O)CC(CN)N1CCCC(C)(C)C1. The zero-order valence-electron chi connectivity index (χ0n) is 12.3. The lowest BCUT2D eigenvalue weighted by atomic mass is 9.83. The van der Waals surface area contributed by atoms with Crippen molar-refractivity contribution in [1.82, 2.24) is 10.2 Å². The topological polar surface area (TPSA) is 58.4 Å². The van der Waals surface area contributed by atoms with Crippen molar-refractivity contribution in [1.29, 1.82) is 0 Å². The van der Waals surface area contributed by atoms with E-state index >= 15 is 0 Å². The van der Waals surface area contributed by atoms with E-state index in [0.717, 1.165) is 13.1 Å². The summed E-state index contributed by atoms with van der Waals surface area (Å²) < 4.78 is 0. The monoisotopic (exact) mass is 255 g/mol. The summed E-state index contributed by atoms with van der Waals surface area (Å²) in [7, 11) is 0. The molecule has 1 unspecified atom stereocenters. The highest BCUT2D eigenvalue weighted by Crippen LogP contribution is 2.29. The molecule has 0 saturated carbocycles. The summed E-state index contributed by atoms with van der Waals surface area (Å²) >= 11 is 0. The summed E-state index contributed by atoms with van der Waals surface area (Å²) in [5.74, 6) is 0.115. The Kier molecular flexibility index (Phi) is 5.60. The van der Waals surface area contributed by atoms with Crippen molar-refractivity contribution in [3.63, 3.8) is 0 Å². The summed E-state index contributed by atoms with van der Waals surface area (Å²) in [5, 5.41) is 2.95. The Hall–Kier alpha value is -0.610. The molecule has 0 aliphatic carbocycles. The Bertz CT molecular complexity index is 276. The molecule has 0 bridgehead atoms. The highest BCUT2D eigenvalue weighted by atomic mass is 16.1. The smallest absolute Gasteiger partial charge is 0.221 e. The van der Waals surface area contributed by atoms with E-state index in [1.54, 1.807) is 0 Å². The van der Waals surface area contributed by atoms with Gasteiger partial charge in [-0.05, 0) is 38.6 Å². The molecule has 1 saturated heterocycles. The molecule has 106 valence electrons. The molecule has 0 aromatic rings. The van der Waals surface area contributed by atoms with Crippen molar-refractivity contribution >= 4 is 5.91 Å². The summed E-state index contributed by atoms with van der Waals surface area (Å²) in [5.41, 5.74) is 6.20. The highest BCUT2D eigenvalue weighted by Gasteiger charge is 2.30. The van der Waals surface area contributed by atoms with Crippen molar-refractivity contribution < 1.29 is 4.79 Å². The number of hydrogen-bond donors (Lipinski definition) is 2. The fourth-order valence-electron chi connectivity index (χ4n) is 2.74. The van der Waals surface area contributed by atoms with Gasteiger partial charge >= 0.3 is 0 Å². The number of nitrogens with zero attached hydrogens (tertiary/aromatic N) is 1. The van der Waals surface area contributed by atoms with Crippen LogP contribution in [0.1, 0.15) is 47.0 Å². The van der Waals surface area contributed by atoms with Gasteiger partial charge in [0.05, 0.1) is 0 Å². The standard InChI is InChI=1S/C14H29N3O/c1-11(2)16-13(18)8-12(9-15)17-7-5-6-14(3,4)10-17/h11-12H,5-10,15H2,1-4H3,(H,16,18). The Labute approximate surface area is 111 Å². The zero-order chi connectivity index (χ0) is 13.8. The van der Waals surface area contributed by atoms with Crippen LogP contribution in [0.25, 0.3) is 0 Å². The quantitative estimate of drug-likeness (QED) is 0.779. The number of carbonyl (C=O) groups excluding carboxylic acids is 1. The molecule has 0 aromatic heterocycles. The Morgan fingerprint density at radius 3 is 2.61 bits per heavy atom. The van der Waals surface area contributed by atoms with Gasteiger partial charge in [-0.25, -0.2) is 0 Å². The van der Waals surface area contributed by atoms with Gasteiger partial charge in [-0.1, -0.05) is 13.8 Å². The predicted molar refractivity (Wildman–Crippen MR) is 75.3 cm³/mol. The number of carbonyl (C=O) groups is 1. The lowest BCUT2D eigenvalue weighted by Gasteiger charge is -2.42. The molecular formula is C14H29N3O. The molecule has 0 radical (unpaired) electrons. The fourth-order valence-corrected chi connectivity index (χ4v) is 2.74. The van der Waals surface area contributed by atoms with E-state index in [1.807, 2.05) is 13.8 Å². The molecule has 0 spiro atoms. The maximum atomic E-state index is 11.8. The summed E-state index contributed by atoms with van der Waals surface area (Å²) in [6.07, 6.45) is 2.99. The Balaban J connectivity index is 2.52. The maximum Gasteiger partial charge on any atom is 0.221 e. The average molecular weight is 255 g/mol. The van der Waals surface area contributed by atoms with E-state index in [2.05, 4.69) is 24.1 Å².